The number of sulfonamides is 1. The van der Waals surface area contributed by atoms with Gasteiger partial charge in [-0.05, 0) is 68.8 Å². The predicted molar refractivity (Wildman–Crippen MR) is 121 cm³/mol. The van der Waals surface area contributed by atoms with Gasteiger partial charge < -0.3 is 10.2 Å². The third kappa shape index (κ3) is 8.51. The zero-order chi connectivity index (χ0) is 24.5. The highest BCUT2D eigenvalue weighted by Gasteiger charge is 2.33. The van der Waals surface area contributed by atoms with Gasteiger partial charge in [0.05, 0.1) is 23.7 Å². The van der Waals surface area contributed by atoms with E-state index in [1.807, 2.05) is 0 Å². The van der Waals surface area contributed by atoms with Gasteiger partial charge in [0.15, 0.2) is 0 Å². The van der Waals surface area contributed by atoms with Crippen molar-refractivity contribution in [3.05, 3.63) is 29.8 Å². The molecule has 1 aromatic carbocycles. The van der Waals surface area contributed by atoms with Crippen molar-refractivity contribution in [1.82, 2.24) is 9.21 Å². The molecule has 0 saturated heterocycles. The van der Waals surface area contributed by atoms with Gasteiger partial charge in [0, 0.05) is 26.2 Å². The minimum absolute atomic E-state index is 0.0896. The first-order valence-corrected chi connectivity index (χ1v) is 13.1. The number of rotatable bonds is 13. The third-order valence-corrected chi connectivity index (χ3v) is 8.53. The van der Waals surface area contributed by atoms with Gasteiger partial charge in [-0.1, -0.05) is 19.3 Å². The summed E-state index contributed by atoms with van der Waals surface area (Å²) in [6, 6.07) is 3.54. The van der Waals surface area contributed by atoms with Gasteiger partial charge in [-0.3, -0.25) is 4.90 Å². The van der Waals surface area contributed by atoms with E-state index in [9.17, 15) is 21.6 Å². The molecule has 0 aromatic heterocycles. The number of aliphatic hydroxyl groups excluding tert-OH is 2. The Labute approximate surface area is 195 Å². The van der Waals surface area contributed by atoms with Crippen LogP contribution in [0.25, 0.3) is 0 Å². The minimum Gasteiger partial charge on any atom is -0.395 e. The molecule has 1 aliphatic carbocycles. The van der Waals surface area contributed by atoms with Gasteiger partial charge in [-0.2, -0.15) is 17.5 Å². The second-order valence-electron chi connectivity index (χ2n) is 8.86. The number of benzene rings is 1. The number of hydrogen-bond acceptors (Lipinski definition) is 5. The molecule has 1 saturated carbocycles. The minimum atomic E-state index is -4.50. The molecule has 0 spiro atoms. The number of aliphatic hydroxyl groups is 2. The molecule has 0 atom stereocenters. The molecule has 0 aliphatic heterocycles. The molecule has 2 N–H and O–H groups in total. The van der Waals surface area contributed by atoms with Gasteiger partial charge in [-0.25, -0.2) is 8.42 Å². The molecule has 0 unspecified atom stereocenters. The molecule has 10 heteroatoms. The maximum Gasteiger partial charge on any atom is 0.416 e. The number of alkyl halides is 3. The molecule has 0 bridgehead atoms. The molecular formula is C23H37F3N2O4S. The average Bonchev–Trinajstić information content (AvgIpc) is 2.78. The zero-order valence-electron chi connectivity index (χ0n) is 19.3. The summed E-state index contributed by atoms with van der Waals surface area (Å²) in [4.78, 5) is 1.94. The topological polar surface area (TPSA) is 81.1 Å². The Morgan fingerprint density at radius 2 is 1.48 bits per heavy atom. The SMILES string of the molecule is CN([C@H]1CC[C@H](CCCCCN(CCO)CCO)CC1)S(=O)(=O)c1ccc(C(F)(F)F)cc1. The fourth-order valence-corrected chi connectivity index (χ4v) is 5.95. The molecule has 1 aliphatic rings. The fourth-order valence-electron chi connectivity index (χ4n) is 4.54. The van der Waals surface area contributed by atoms with Gasteiger partial charge in [-0.15, -0.1) is 0 Å². The summed E-state index contributed by atoms with van der Waals surface area (Å²) in [6.07, 6.45) is 3.19. The predicted octanol–water partition coefficient (Wildman–Crippen LogP) is 3.73. The van der Waals surface area contributed by atoms with Crippen molar-refractivity contribution in [2.75, 3.05) is 39.9 Å². The van der Waals surface area contributed by atoms with Crippen LogP contribution in [-0.4, -0.2) is 73.8 Å². The molecule has 0 amide bonds. The largest absolute Gasteiger partial charge is 0.416 e. The molecule has 1 aromatic rings. The smallest absolute Gasteiger partial charge is 0.395 e. The fraction of sp³-hybridized carbons (Fsp3) is 0.739. The van der Waals surface area contributed by atoms with Crippen LogP contribution in [0.15, 0.2) is 29.2 Å². The maximum atomic E-state index is 12.9. The van der Waals surface area contributed by atoms with Gasteiger partial charge >= 0.3 is 6.18 Å². The molecule has 0 heterocycles. The van der Waals surface area contributed by atoms with Gasteiger partial charge in [0.25, 0.3) is 0 Å². The van der Waals surface area contributed by atoms with Crippen LogP contribution in [0.4, 0.5) is 13.2 Å². The van der Waals surface area contributed by atoms with E-state index in [0.717, 1.165) is 82.2 Å². The lowest BCUT2D eigenvalue weighted by molar-refractivity contribution is -0.137. The van der Waals surface area contributed by atoms with Crippen molar-refractivity contribution in [3.63, 3.8) is 0 Å². The third-order valence-electron chi connectivity index (χ3n) is 6.61. The van der Waals surface area contributed by atoms with E-state index in [-0.39, 0.29) is 24.2 Å². The molecule has 2 rings (SSSR count). The Morgan fingerprint density at radius 3 is 2.00 bits per heavy atom. The normalized spacial score (nSPS) is 20.0. The lowest BCUT2D eigenvalue weighted by Crippen LogP contribution is -2.39. The summed E-state index contributed by atoms with van der Waals surface area (Å²) < 4.78 is 65.3. The van der Waals surface area contributed by atoms with E-state index in [1.54, 1.807) is 0 Å². The molecule has 6 nitrogen and oxygen atoms in total. The zero-order valence-corrected chi connectivity index (χ0v) is 20.1. The highest BCUT2D eigenvalue weighted by atomic mass is 32.2. The van der Waals surface area contributed by atoms with Gasteiger partial charge in [0.1, 0.15) is 0 Å². The van der Waals surface area contributed by atoms with Crippen LogP contribution in [-0.2, 0) is 16.2 Å². The standard InChI is InChI=1S/C23H37F3N2O4S/c1-27(33(31,32)22-12-8-20(9-13-22)23(24,25)26)21-10-6-19(7-11-21)5-3-2-4-14-28(15-17-29)16-18-30/h8-9,12-13,19,21,29-30H,2-7,10-11,14-18H2,1H3/t19-,21-. The molecule has 0 radical (unpaired) electrons. The summed E-state index contributed by atoms with van der Waals surface area (Å²) in [7, 11) is -2.32. The van der Waals surface area contributed by atoms with Crippen LogP contribution in [0.5, 0.6) is 0 Å². The Hall–Kier alpha value is -1.20. The Morgan fingerprint density at radius 1 is 0.909 bits per heavy atom. The second-order valence-corrected chi connectivity index (χ2v) is 10.9. The lowest BCUT2D eigenvalue weighted by Gasteiger charge is -2.34. The van der Waals surface area contributed by atoms with Crippen molar-refractivity contribution < 1.29 is 31.8 Å². The highest BCUT2D eigenvalue weighted by Crippen LogP contribution is 2.34. The number of nitrogens with zero attached hydrogens (tertiary/aromatic N) is 2. The number of halogens is 3. The van der Waals surface area contributed by atoms with E-state index in [2.05, 4.69) is 4.90 Å². The second kappa shape index (κ2) is 13.0. The maximum absolute atomic E-state index is 12.9. The molecular weight excluding hydrogens is 457 g/mol. The Kier molecular flexibility index (Phi) is 11.1. The summed E-state index contributed by atoms with van der Waals surface area (Å²) in [5.74, 6) is 0.564. The van der Waals surface area contributed by atoms with Crippen LogP contribution in [0.3, 0.4) is 0 Å². The lowest BCUT2D eigenvalue weighted by atomic mass is 9.83. The van der Waals surface area contributed by atoms with E-state index in [1.165, 1.54) is 11.4 Å². The van der Waals surface area contributed by atoms with Crippen molar-refractivity contribution in [2.45, 2.75) is 68.5 Å². The Balaban J connectivity index is 1.76. The highest BCUT2D eigenvalue weighted by molar-refractivity contribution is 7.89. The van der Waals surface area contributed by atoms with Crippen molar-refractivity contribution in [1.29, 1.82) is 0 Å². The molecule has 33 heavy (non-hydrogen) atoms. The van der Waals surface area contributed by atoms with E-state index < -0.39 is 21.8 Å². The summed E-state index contributed by atoms with van der Waals surface area (Å²) in [5, 5.41) is 18.1. The summed E-state index contributed by atoms with van der Waals surface area (Å²) >= 11 is 0. The van der Waals surface area contributed by atoms with Crippen molar-refractivity contribution in [3.8, 4) is 0 Å². The van der Waals surface area contributed by atoms with E-state index in [4.69, 9.17) is 10.2 Å². The summed E-state index contributed by atoms with van der Waals surface area (Å²) in [6.45, 7) is 2.19. The van der Waals surface area contributed by atoms with Crippen LogP contribution < -0.4 is 0 Å². The molecule has 1 fully saturated rings. The number of hydrogen-bond donors (Lipinski definition) is 2. The summed E-state index contributed by atoms with van der Waals surface area (Å²) in [5.41, 5.74) is -0.862. The number of unbranched alkanes of at least 4 members (excludes halogenated alkanes) is 2. The average molecular weight is 495 g/mol. The first kappa shape index (κ1) is 28.0. The van der Waals surface area contributed by atoms with Crippen molar-refractivity contribution >= 4 is 10.0 Å². The van der Waals surface area contributed by atoms with Crippen LogP contribution in [0.1, 0.15) is 56.9 Å². The first-order chi connectivity index (χ1) is 15.6. The van der Waals surface area contributed by atoms with E-state index in [0.29, 0.717) is 19.0 Å². The van der Waals surface area contributed by atoms with Crippen LogP contribution in [0, 0.1) is 5.92 Å². The molecule has 190 valence electrons. The first-order valence-electron chi connectivity index (χ1n) is 11.7. The van der Waals surface area contributed by atoms with E-state index >= 15 is 0 Å². The Bertz CT molecular complexity index is 789. The quantitative estimate of drug-likeness (QED) is 0.409. The van der Waals surface area contributed by atoms with Gasteiger partial charge in [0.2, 0.25) is 10.0 Å². The van der Waals surface area contributed by atoms with Crippen LogP contribution in [0.2, 0.25) is 0 Å². The monoisotopic (exact) mass is 494 g/mol. The van der Waals surface area contributed by atoms with Crippen molar-refractivity contribution in [2.24, 2.45) is 5.92 Å². The van der Waals surface area contributed by atoms with Crippen LogP contribution >= 0.6 is 0 Å².